The lowest BCUT2D eigenvalue weighted by Crippen LogP contribution is -2.30. The van der Waals surface area contributed by atoms with Crippen LogP contribution in [0.4, 0.5) is 0 Å². The molecule has 83 heavy (non-hydrogen) atoms. The molecule has 0 aromatic heterocycles. The average molecular weight is 1230 g/mol. The Balaban J connectivity index is 5.04. The number of phosphoric acid groups is 2. The van der Waals surface area contributed by atoms with E-state index in [1.807, 2.05) is 0 Å². The zero-order valence-corrected chi connectivity index (χ0v) is 55.1. The average Bonchev–Trinajstić information content (AvgIpc) is 3.45. The molecule has 0 aromatic carbocycles. The molecule has 0 fully saturated rings. The van der Waals surface area contributed by atoms with Crippen molar-refractivity contribution in [3.05, 3.63) is 0 Å². The monoisotopic (exact) mass is 1230 g/mol. The van der Waals surface area contributed by atoms with Crippen LogP contribution in [0.3, 0.4) is 0 Å². The summed E-state index contributed by atoms with van der Waals surface area (Å²) in [6.07, 6.45) is 42.5. The van der Waals surface area contributed by atoms with Crippen molar-refractivity contribution >= 4 is 39.5 Å². The number of ether oxygens (including phenoxy) is 4. The van der Waals surface area contributed by atoms with E-state index in [4.69, 9.17) is 37.0 Å². The smallest absolute Gasteiger partial charge is 0.462 e. The first-order valence-electron chi connectivity index (χ1n) is 33.6. The quantitative estimate of drug-likeness (QED) is 0.0222. The number of carbonyl (C=O) groups excluding carboxylic acids is 4. The van der Waals surface area contributed by atoms with Crippen LogP contribution in [-0.2, 0) is 65.4 Å². The molecule has 0 aliphatic carbocycles. The van der Waals surface area contributed by atoms with Crippen molar-refractivity contribution in [3.63, 3.8) is 0 Å². The highest BCUT2D eigenvalue weighted by molar-refractivity contribution is 7.47. The molecule has 17 nitrogen and oxygen atoms in total. The SMILES string of the molecule is CCCCCCCCCCCCCCCCCCCCCCCC(=O)O[C@H](COC(=O)CCCCCCCCC(C)C)COP(=O)(O)OC[C@@H](O)COP(=O)(O)OC[C@@H](COC(=O)CCCCCCC)OC(=O)CCCCCCCCCC. The molecule has 0 rings (SSSR count). The maximum Gasteiger partial charge on any atom is 0.472 e. The largest absolute Gasteiger partial charge is 0.472 e. The number of carbonyl (C=O) groups is 4. The van der Waals surface area contributed by atoms with Gasteiger partial charge in [0.2, 0.25) is 0 Å². The van der Waals surface area contributed by atoms with Gasteiger partial charge in [-0.2, -0.15) is 0 Å². The van der Waals surface area contributed by atoms with Crippen molar-refractivity contribution in [3.8, 4) is 0 Å². The van der Waals surface area contributed by atoms with Crippen molar-refractivity contribution in [2.24, 2.45) is 5.92 Å². The number of hydrogen-bond donors (Lipinski definition) is 3. The van der Waals surface area contributed by atoms with Gasteiger partial charge in [-0.05, 0) is 31.6 Å². The molecule has 0 spiro atoms. The summed E-state index contributed by atoms with van der Waals surface area (Å²) in [6, 6.07) is 0. The van der Waals surface area contributed by atoms with Crippen LogP contribution in [0.1, 0.15) is 324 Å². The van der Waals surface area contributed by atoms with Crippen LogP contribution in [0.15, 0.2) is 0 Å². The van der Waals surface area contributed by atoms with Gasteiger partial charge in [0.05, 0.1) is 26.4 Å². The van der Waals surface area contributed by atoms with Crippen LogP contribution in [0, 0.1) is 5.92 Å². The van der Waals surface area contributed by atoms with E-state index in [1.54, 1.807) is 0 Å². The molecule has 0 aromatic rings. The van der Waals surface area contributed by atoms with Crippen molar-refractivity contribution in [2.75, 3.05) is 39.6 Å². The standard InChI is InChI=1S/C64H124O17P2/c1-6-9-12-15-17-19-20-21-22-23-24-25-26-27-28-29-30-31-33-40-45-50-64(69)81-60(54-75-62(67)48-43-38-35-34-37-41-46-57(4)5)56-79-83(72,73)77-52-58(65)51-76-82(70,71)78-55-59(53-74-61(66)47-42-36-14-11-8-3)80-63(68)49-44-39-32-18-16-13-10-7-2/h57-60,65H,6-56H2,1-5H3,(H,70,71)(H,72,73)/t58-,59+,60+/m0/s1. The van der Waals surface area contributed by atoms with Gasteiger partial charge in [-0.1, -0.05) is 272 Å². The summed E-state index contributed by atoms with van der Waals surface area (Å²) >= 11 is 0. The molecule has 492 valence electrons. The van der Waals surface area contributed by atoms with Crippen molar-refractivity contribution in [1.82, 2.24) is 0 Å². The second kappa shape index (κ2) is 57.8. The first kappa shape index (κ1) is 81.1. The molecular formula is C64H124O17P2. The maximum atomic E-state index is 13.0. The van der Waals surface area contributed by atoms with Crippen molar-refractivity contribution in [2.45, 2.75) is 342 Å². The van der Waals surface area contributed by atoms with E-state index in [9.17, 15) is 43.2 Å². The zero-order chi connectivity index (χ0) is 61.3. The number of esters is 4. The first-order chi connectivity index (χ1) is 40.0. The Hall–Kier alpha value is -1.94. The topological polar surface area (TPSA) is 237 Å². The minimum atomic E-state index is -4.94. The van der Waals surface area contributed by atoms with Gasteiger partial charge in [0, 0.05) is 25.7 Å². The fraction of sp³-hybridized carbons (Fsp3) is 0.938. The number of hydrogen-bond acceptors (Lipinski definition) is 15. The lowest BCUT2D eigenvalue weighted by atomic mass is 10.0. The predicted molar refractivity (Wildman–Crippen MR) is 331 cm³/mol. The van der Waals surface area contributed by atoms with E-state index >= 15 is 0 Å². The first-order valence-corrected chi connectivity index (χ1v) is 36.6. The lowest BCUT2D eigenvalue weighted by Gasteiger charge is -2.21. The Bertz CT molecular complexity index is 1620. The molecule has 0 amide bonds. The number of unbranched alkanes of at least 4 members (excludes halogenated alkanes) is 36. The minimum Gasteiger partial charge on any atom is -0.462 e. The van der Waals surface area contributed by atoms with E-state index in [1.165, 1.54) is 128 Å². The molecule has 19 heteroatoms. The van der Waals surface area contributed by atoms with Crippen LogP contribution in [-0.4, -0.2) is 96.7 Å². The second-order valence-corrected chi connectivity index (χ2v) is 26.5. The summed E-state index contributed by atoms with van der Waals surface area (Å²) in [5, 5.41) is 10.5. The van der Waals surface area contributed by atoms with Crippen LogP contribution < -0.4 is 0 Å². The van der Waals surface area contributed by atoms with E-state index in [-0.39, 0.29) is 25.7 Å². The van der Waals surface area contributed by atoms with Gasteiger partial charge >= 0.3 is 39.5 Å². The summed E-state index contributed by atoms with van der Waals surface area (Å²) in [6.45, 7) is 6.99. The Morgan fingerprint density at radius 3 is 0.819 bits per heavy atom. The number of aliphatic hydroxyl groups excluding tert-OH is 1. The highest BCUT2D eigenvalue weighted by Crippen LogP contribution is 2.45. The molecule has 3 N–H and O–H groups in total. The van der Waals surface area contributed by atoms with Gasteiger partial charge in [-0.15, -0.1) is 0 Å². The van der Waals surface area contributed by atoms with E-state index in [0.717, 1.165) is 109 Å². The fourth-order valence-corrected chi connectivity index (χ4v) is 11.2. The summed E-state index contributed by atoms with van der Waals surface area (Å²) in [5.74, 6) is -1.47. The van der Waals surface area contributed by atoms with Crippen molar-refractivity contribution < 1.29 is 80.2 Å². The van der Waals surface area contributed by atoms with Gasteiger partial charge in [-0.25, -0.2) is 9.13 Å². The van der Waals surface area contributed by atoms with E-state index in [0.29, 0.717) is 31.6 Å². The Labute approximate surface area is 505 Å². The molecule has 2 unspecified atom stereocenters. The summed E-state index contributed by atoms with van der Waals surface area (Å²) in [4.78, 5) is 71.8. The van der Waals surface area contributed by atoms with Crippen molar-refractivity contribution in [1.29, 1.82) is 0 Å². The van der Waals surface area contributed by atoms with Gasteiger partial charge < -0.3 is 33.8 Å². The Morgan fingerprint density at radius 1 is 0.325 bits per heavy atom. The second-order valence-electron chi connectivity index (χ2n) is 23.6. The van der Waals surface area contributed by atoms with E-state index in [2.05, 4.69) is 34.6 Å². The van der Waals surface area contributed by atoms with Crippen LogP contribution >= 0.6 is 15.6 Å². The molecular weight excluding hydrogens is 1100 g/mol. The molecule has 0 radical (unpaired) electrons. The van der Waals surface area contributed by atoms with Crippen LogP contribution in [0.25, 0.3) is 0 Å². The molecule has 0 aliphatic rings. The molecule has 0 saturated carbocycles. The van der Waals surface area contributed by atoms with Gasteiger partial charge in [0.1, 0.15) is 19.3 Å². The molecule has 0 saturated heterocycles. The Morgan fingerprint density at radius 2 is 0.554 bits per heavy atom. The maximum absolute atomic E-state index is 13.0. The zero-order valence-electron chi connectivity index (χ0n) is 53.3. The van der Waals surface area contributed by atoms with Crippen LogP contribution in [0.5, 0.6) is 0 Å². The van der Waals surface area contributed by atoms with Gasteiger partial charge in [-0.3, -0.25) is 37.3 Å². The third-order valence-electron chi connectivity index (χ3n) is 14.8. The fourth-order valence-electron chi connectivity index (χ4n) is 9.58. The summed E-state index contributed by atoms with van der Waals surface area (Å²) in [5.41, 5.74) is 0. The van der Waals surface area contributed by atoms with Gasteiger partial charge in [0.25, 0.3) is 0 Å². The summed E-state index contributed by atoms with van der Waals surface area (Å²) in [7, 11) is -9.87. The third-order valence-corrected chi connectivity index (χ3v) is 16.7. The lowest BCUT2D eigenvalue weighted by molar-refractivity contribution is -0.161. The highest BCUT2D eigenvalue weighted by Gasteiger charge is 2.30. The summed E-state index contributed by atoms with van der Waals surface area (Å²) < 4.78 is 67.6. The predicted octanol–water partition coefficient (Wildman–Crippen LogP) is 17.8. The van der Waals surface area contributed by atoms with E-state index < -0.39 is 97.5 Å². The van der Waals surface area contributed by atoms with Crippen LogP contribution in [0.2, 0.25) is 0 Å². The number of rotatable bonds is 64. The molecule has 0 heterocycles. The normalized spacial score (nSPS) is 14.2. The molecule has 5 atom stereocenters. The number of phosphoric ester groups is 2. The van der Waals surface area contributed by atoms with Gasteiger partial charge in [0.15, 0.2) is 12.2 Å². The minimum absolute atomic E-state index is 0.104. The third kappa shape index (κ3) is 58.8. The highest BCUT2D eigenvalue weighted by atomic mass is 31.2. The molecule has 0 bridgehead atoms. The Kier molecular flexibility index (Phi) is 56.4. The molecule has 0 aliphatic heterocycles. The number of aliphatic hydroxyl groups is 1.